The van der Waals surface area contributed by atoms with Crippen LogP contribution in [0.3, 0.4) is 0 Å². The van der Waals surface area contributed by atoms with E-state index in [4.69, 9.17) is 9.47 Å². The maximum atomic E-state index is 5.84. The van der Waals surface area contributed by atoms with Crippen LogP contribution in [0.2, 0.25) is 0 Å². The number of rotatable bonds is 10. The monoisotopic (exact) mass is 495 g/mol. The predicted molar refractivity (Wildman–Crippen MR) is 150 cm³/mol. The summed E-state index contributed by atoms with van der Waals surface area (Å²) >= 11 is 0. The molecule has 7 heteroatoms. The predicted octanol–water partition coefficient (Wildman–Crippen LogP) is 6.34. The van der Waals surface area contributed by atoms with Crippen LogP contribution in [-0.2, 0) is 6.54 Å². The zero-order chi connectivity index (χ0) is 25.9. The summed E-state index contributed by atoms with van der Waals surface area (Å²) in [4.78, 5) is 4.62. The first-order valence-electron chi connectivity index (χ1n) is 12.5. The molecule has 190 valence electrons. The molecular weight excluding hydrogens is 462 g/mol. The second kappa shape index (κ2) is 13.1. The van der Waals surface area contributed by atoms with E-state index in [9.17, 15) is 0 Å². The summed E-state index contributed by atoms with van der Waals surface area (Å²) < 4.78 is 12.9. The fourth-order valence-electron chi connectivity index (χ4n) is 3.77. The summed E-state index contributed by atoms with van der Waals surface area (Å²) in [6.45, 7) is 6.21. The molecule has 7 nitrogen and oxygen atoms in total. The first-order chi connectivity index (χ1) is 18.3. The second-order valence-electron chi connectivity index (χ2n) is 8.01. The Balaban J connectivity index is 0.00000156. The van der Waals surface area contributed by atoms with E-state index in [-0.39, 0.29) is 0 Å². The maximum Gasteiger partial charge on any atom is 0.247 e. The Kier molecular flexibility index (Phi) is 9.10. The van der Waals surface area contributed by atoms with Crippen molar-refractivity contribution >= 4 is 17.3 Å². The van der Waals surface area contributed by atoms with Gasteiger partial charge in [0.15, 0.2) is 5.65 Å². The molecule has 0 aliphatic heterocycles. The molecule has 5 aromatic rings. The molecule has 0 unspecified atom stereocenters. The van der Waals surface area contributed by atoms with E-state index in [0.29, 0.717) is 12.6 Å². The van der Waals surface area contributed by atoms with Gasteiger partial charge in [0.25, 0.3) is 0 Å². The highest BCUT2D eigenvalue weighted by molar-refractivity contribution is 5.65. The van der Waals surface area contributed by atoms with Crippen LogP contribution in [0.4, 0.5) is 11.6 Å². The van der Waals surface area contributed by atoms with Gasteiger partial charge in [-0.25, -0.2) is 4.52 Å². The molecule has 3 aromatic carbocycles. The minimum Gasteiger partial charge on any atom is -0.497 e. The number of hydrogen-bond donors (Lipinski definition) is 2. The van der Waals surface area contributed by atoms with Gasteiger partial charge in [-0.1, -0.05) is 50.2 Å². The fraction of sp³-hybridized carbons (Fsp3) is 0.200. The summed E-state index contributed by atoms with van der Waals surface area (Å²) in [7, 11) is 1.66. The fourth-order valence-corrected chi connectivity index (χ4v) is 3.77. The average molecular weight is 496 g/mol. The number of nitrogens with one attached hydrogen (secondary N) is 2. The molecule has 0 radical (unpaired) electrons. The molecule has 0 saturated heterocycles. The normalized spacial score (nSPS) is 10.5. The number of methoxy groups -OCH3 is 1. The van der Waals surface area contributed by atoms with E-state index in [2.05, 4.69) is 32.8 Å². The lowest BCUT2D eigenvalue weighted by Gasteiger charge is -2.09. The molecule has 2 N–H and O–H groups in total. The van der Waals surface area contributed by atoms with Crippen LogP contribution in [0, 0.1) is 0 Å². The molecule has 0 amide bonds. The topological polar surface area (TPSA) is 72.7 Å². The Bertz CT molecular complexity index is 1370. The van der Waals surface area contributed by atoms with Crippen LogP contribution in [0.5, 0.6) is 11.5 Å². The number of ether oxygens (including phenoxy) is 2. The molecule has 0 saturated carbocycles. The quantitative estimate of drug-likeness (QED) is 0.220. The lowest BCUT2D eigenvalue weighted by atomic mass is 10.1. The molecule has 0 aliphatic carbocycles. The number of hydrogen-bond acceptors (Lipinski definition) is 6. The standard InChI is InChI=1S/C28H27N5O2.C2H6/c1-34-24-14-10-22(11-15-24)26-8-5-9-27-31-28(32-33(26)27)30-23-12-16-25(17-13-23)35-19-18-29-20-21-6-3-2-4-7-21;1-2/h2-17,29H,18-20H2,1H3,(H,30,32);1-2H3. The van der Waals surface area contributed by atoms with Gasteiger partial charge in [-0.05, 0) is 66.2 Å². The van der Waals surface area contributed by atoms with E-state index < -0.39 is 0 Å². The Morgan fingerprint density at radius 2 is 1.51 bits per heavy atom. The molecule has 0 atom stereocenters. The van der Waals surface area contributed by atoms with Crippen molar-refractivity contribution in [3.05, 3.63) is 103 Å². The average Bonchev–Trinajstić information content (AvgIpc) is 3.38. The lowest BCUT2D eigenvalue weighted by Crippen LogP contribution is -2.20. The third-order valence-corrected chi connectivity index (χ3v) is 5.58. The minimum absolute atomic E-state index is 0.532. The largest absolute Gasteiger partial charge is 0.497 e. The van der Waals surface area contributed by atoms with Crippen LogP contribution in [0.15, 0.2) is 97.1 Å². The SMILES string of the molecule is CC.COc1ccc(-c2cccc3nc(Nc4ccc(OCCNCc5ccccc5)cc4)nn23)cc1. The van der Waals surface area contributed by atoms with Crippen molar-refractivity contribution in [2.45, 2.75) is 20.4 Å². The van der Waals surface area contributed by atoms with E-state index in [1.54, 1.807) is 7.11 Å². The molecule has 2 heterocycles. The Morgan fingerprint density at radius 3 is 2.24 bits per heavy atom. The van der Waals surface area contributed by atoms with Gasteiger partial charge in [-0.2, -0.15) is 4.98 Å². The molecular formula is C30H33N5O2. The van der Waals surface area contributed by atoms with Gasteiger partial charge >= 0.3 is 0 Å². The number of benzene rings is 3. The number of fused-ring (bicyclic) bond motifs is 1. The van der Waals surface area contributed by atoms with Gasteiger partial charge in [0, 0.05) is 24.3 Å². The molecule has 0 aliphatic rings. The highest BCUT2D eigenvalue weighted by Crippen LogP contribution is 2.24. The number of aromatic nitrogens is 3. The number of nitrogens with zero attached hydrogens (tertiary/aromatic N) is 3. The van der Waals surface area contributed by atoms with Crippen molar-refractivity contribution in [1.82, 2.24) is 19.9 Å². The van der Waals surface area contributed by atoms with Gasteiger partial charge in [-0.3, -0.25) is 0 Å². The van der Waals surface area contributed by atoms with Crippen LogP contribution < -0.4 is 20.1 Å². The van der Waals surface area contributed by atoms with Crippen LogP contribution in [0.1, 0.15) is 19.4 Å². The first kappa shape index (κ1) is 25.7. The molecule has 37 heavy (non-hydrogen) atoms. The van der Waals surface area contributed by atoms with Crippen LogP contribution >= 0.6 is 0 Å². The summed E-state index contributed by atoms with van der Waals surface area (Å²) in [6, 6.07) is 32.0. The summed E-state index contributed by atoms with van der Waals surface area (Å²) in [6.07, 6.45) is 0. The van der Waals surface area contributed by atoms with Crippen LogP contribution in [0.25, 0.3) is 16.9 Å². The molecule has 0 fully saturated rings. The zero-order valence-corrected chi connectivity index (χ0v) is 21.5. The highest BCUT2D eigenvalue weighted by Gasteiger charge is 2.09. The lowest BCUT2D eigenvalue weighted by molar-refractivity contribution is 0.313. The van der Waals surface area contributed by atoms with E-state index in [0.717, 1.165) is 47.2 Å². The van der Waals surface area contributed by atoms with Gasteiger partial charge in [0.2, 0.25) is 5.95 Å². The van der Waals surface area contributed by atoms with Gasteiger partial charge in [0.1, 0.15) is 18.1 Å². The van der Waals surface area contributed by atoms with Gasteiger partial charge in [-0.15, -0.1) is 5.10 Å². The van der Waals surface area contributed by atoms with Crippen molar-refractivity contribution in [1.29, 1.82) is 0 Å². The van der Waals surface area contributed by atoms with Crippen molar-refractivity contribution in [3.63, 3.8) is 0 Å². The van der Waals surface area contributed by atoms with E-state index >= 15 is 0 Å². The second-order valence-corrected chi connectivity index (χ2v) is 8.01. The maximum absolute atomic E-state index is 5.84. The third kappa shape index (κ3) is 6.86. The van der Waals surface area contributed by atoms with Crippen molar-refractivity contribution in [3.8, 4) is 22.8 Å². The number of anilines is 2. The summed E-state index contributed by atoms with van der Waals surface area (Å²) in [5.74, 6) is 2.17. The van der Waals surface area contributed by atoms with Gasteiger partial charge in [0.05, 0.1) is 12.8 Å². The Hall–Kier alpha value is -4.36. The van der Waals surface area contributed by atoms with Crippen molar-refractivity contribution < 1.29 is 9.47 Å². The van der Waals surface area contributed by atoms with Gasteiger partial charge < -0.3 is 20.1 Å². The Labute approximate surface area is 218 Å². The zero-order valence-electron chi connectivity index (χ0n) is 21.5. The minimum atomic E-state index is 0.532. The van der Waals surface area contributed by atoms with Crippen molar-refractivity contribution in [2.24, 2.45) is 0 Å². The summed E-state index contributed by atoms with van der Waals surface area (Å²) in [5, 5.41) is 11.3. The smallest absolute Gasteiger partial charge is 0.247 e. The van der Waals surface area contributed by atoms with E-state index in [1.807, 2.05) is 103 Å². The van der Waals surface area contributed by atoms with Crippen molar-refractivity contribution in [2.75, 3.05) is 25.6 Å². The Morgan fingerprint density at radius 1 is 0.784 bits per heavy atom. The number of pyridine rings is 1. The van der Waals surface area contributed by atoms with Crippen LogP contribution in [-0.4, -0.2) is 34.9 Å². The van der Waals surface area contributed by atoms with E-state index in [1.165, 1.54) is 5.56 Å². The molecule has 5 rings (SSSR count). The molecule has 2 aromatic heterocycles. The molecule has 0 bridgehead atoms. The first-order valence-corrected chi connectivity index (χ1v) is 12.5. The third-order valence-electron chi connectivity index (χ3n) is 5.58. The summed E-state index contributed by atoms with van der Waals surface area (Å²) in [5.41, 5.74) is 4.91. The highest BCUT2D eigenvalue weighted by atomic mass is 16.5. The molecule has 0 spiro atoms.